The van der Waals surface area contributed by atoms with Gasteiger partial charge >= 0.3 is 11.9 Å². The van der Waals surface area contributed by atoms with Gasteiger partial charge in [0.2, 0.25) is 0 Å². The summed E-state index contributed by atoms with van der Waals surface area (Å²) < 4.78 is 15.2. The maximum atomic E-state index is 11.7. The number of carbonyl (C=O) groups excluding carboxylic acids is 2. The monoisotopic (exact) mass is 680 g/mol. The number of carbonyl (C=O) groups is 2. The number of fused-ring (bicyclic) bond motifs is 6. The Labute approximate surface area is 301 Å². The molecule has 0 saturated heterocycles. The standard InChI is InChI=1S/C46H36N2O4/c1-5-45(49)51-27-31-15-21-43-39(25-31)37-11-7-9-13-41(37)47(43)33-17-19-35(29(3)23-33)36-20-18-34(24-30(36)4)48-42-14-10-8-12-38(42)40-26-32(16-22-44(40)48)28-52-46(50)6-2/h5-26H,1-2,27-28H2,3-4H3. The van der Waals surface area contributed by atoms with E-state index in [1.165, 1.54) is 34.4 Å². The molecule has 2 aromatic heterocycles. The summed E-state index contributed by atoms with van der Waals surface area (Å²) in [6, 6.07) is 42.6. The van der Waals surface area contributed by atoms with Crippen LogP contribution in [0.4, 0.5) is 0 Å². The molecule has 0 atom stereocenters. The van der Waals surface area contributed by atoms with E-state index in [2.05, 4.69) is 145 Å². The summed E-state index contributed by atoms with van der Waals surface area (Å²) in [5.41, 5.74) is 13.1. The highest BCUT2D eigenvalue weighted by atomic mass is 16.5. The summed E-state index contributed by atoms with van der Waals surface area (Å²) in [6.07, 6.45) is 2.37. The first-order chi connectivity index (χ1) is 25.3. The van der Waals surface area contributed by atoms with E-state index in [9.17, 15) is 9.59 Å². The molecular formula is C46H36N2O4. The lowest BCUT2D eigenvalue weighted by Gasteiger charge is -2.16. The second-order valence-electron chi connectivity index (χ2n) is 13.0. The highest BCUT2D eigenvalue weighted by Gasteiger charge is 2.17. The van der Waals surface area contributed by atoms with Gasteiger partial charge in [-0.15, -0.1) is 0 Å². The van der Waals surface area contributed by atoms with Crippen molar-refractivity contribution in [1.82, 2.24) is 9.13 Å². The number of esters is 2. The van der Waals surface area contributed by atoms with E-state index in [-0.39, 0.29) is 13.2 Å². The van der Waals surface area contributed by atoms with Crippen LogP contribution in [0.15, 0.2) is 147 Å². The number of rotatable bonds is 9. The molecule has 0 fully saturated rings. The molecule has 8 aromatic rings. The van der Waals surface area contributed by atoms with Crippen molar-refractivity contribution in [3.8, 4) is 22.5 Å². The molecule has 0 saturated carbocycles. The van der Waals surface area contributed by atoms with Gasteiger partial charge in [0.15, 0.2) is 0 Å². The Morgan fingerprint density at radius 1 is 0.519 bits per heavy atom. The fourth-order valence-corrected chi connectivity index (χ4v) is 7.38. The molecule has 6 nitrogen and oxygen atoms in total. The quantitative estimate of drug-likeness (QED) is 0.112. The van der Waals surface area contributed by atoms with Crippen LogP contribution in [0.1, 0.15) is 22.3 Å². The molecule has 52 heavy (non-hydrogen) atoms. The average Bonchev–Trinajstić information content (AvgIpc) is 3.68. The Balaban J connectivity index is 1.16. The molecule has 0 radical (unpaired) electrons. The van der Waals surface area contributed by atoms with E-state index < -0.39 is 11.9 Å². The smallest absolute Gasteiger partial charge is 0.330 e. The molecule has 6 aromatic carbocycles. The summed E-state index contributed by atoms with van der Waals surface area (Å²) in [7, 11) is 0. The normalized spacial score (nSPS) is 11.3. The van der Waals surface area contributed by atoms with E-state index in [1.54, 1.807) is 0 Å². The molecule has 0 spiro atoms. The second kappa shape index (κ2) is 13.2. The summed E-state index contributed by atoms with van der Waals surface area (Å²) in [5, 5.41) is 4.49. The van der Waals surface area contributed by atoms with Crippen molar-refractivity contribution in [2.75, 3.05) is 0 Å². The van der Waals surface area contributed by atoms with Crippen LogP contribution in [0.5, 0.6) is 0 Å². The topological polar surface area (TPSA) is 62.5 Å². The molecule has 0 aliphatic rings. The van der Waals surface area contributed by atoms with Gasteiger partial charge in [-0.3, -0.25) is 0 Å². The molecule has 2 heterocycles. The third-order valence-electron chi connectivity index (χ3n) is 9.80. The van der Waals surface area contributed by atoms with Crippen molar-refractivity contribution in [1.29, 1.82) is 0 Å². The van der Waals surface area contributed by atoms with E-state index >= 15 is 0 Å². The van der Waals surface area contributed by atoms with E-state index in [1.807, 2.05) is 12.1 Å². The summed E-state index contributed by atoms with van der Waals surface area (Å²) >= 11 is 0. The lowest BCUT2D eigenvalue weighted by Crippen LogP contribution is -2.00. The summed E-state index contributed by atoms with van der Waals surface area (Å²) in [6.45, 7) is 11.7. The molecule has 0 unspecified atom stereocenters. The van der Waals surface area contributed by atoms with Crippen molar-refractivity contribution < 1.29 is 19.1 Å². The number of hydrogen-bond donors (Lipinski definition) is 0. The van der Waals surface area contributed by atoms with E-state index in [0.29, 0.717) is 0 Å². The van der Waals surface area contributed by atoms with Crippen molar-refractivity contribution in [3.63, 3.8) is 0 Å². The zero-order valence-corrected chi connectivity index (χ0v) is 29.1. The van der Waals surface area contributed by atoms with E-state index in [0.717, 1.165) is 66.1 Å². The average molecular weight is 681 g/mol. The van der Waals surface area contributed by atoms with Gasteiger partial charge in [-0.2, -0.15) is 0 Å². The minimum atomic E-state index is -0.435. The van der Waals surface area contributed by atoms with Gasteiger partial charge in [0.1, 0.15) is 13.2 Å². The SMILES string of the molecule is C=CC(=O)OCc1ccc2c(c1)c1ccccc1n2-c1ccc(-c2ccc(-n3c4ccccc4c4cc(COC(=O)C=C)ccc43)cc2C)c(C)c1. The predicted octanol–water partition coefficient (Wildman–Crippen LogP) is 10.6. The molecule has 6 heteroatoms. The van der Waals surface area contributed by atoms with Crippen LogP contribution in [0.2, 0.25) is 0 Å². The molecule has 8 rings (SSSR count). The first-order valence-corrected chi connectivity index (χ1v) is 17.2. The van der Waals surface area contributed by atoms with Crippen LogP contribution < -0.4 is 0 Å². The largest absolute Gasteiger partial charge is 0.458 e. The Hall–Kier alpha value is -6.66. The minimum absolute atomic E-state index is 0.193. The molecular weight excluding hydrogens is 645 g/mol. The fraction of sp³-hybridized carbons (Fsp3) is 0.0870. The van der Waals surface area contributed by atoms with Crippen LogP contribution in [0.25, 0.3) is 66.1 Å². The lowest BCUT2D eigenvalue weighted by molar-refractivity contribution is -0.139. The van der Waals surface area contributed by atoms with Gasteiger partial charge in [0.05, 0.1) is 22.1 Å². The van der Waals surface area contributed by atoms with Crippen molar-refractivity contribution >= 4 is 55.6 Å². The Bertz CT molecular complexity index is 2560. The number of benzene rings is 6. The fourth-order valence-electron chi connectivity index (χ4n) is 7.38. The van der Waals surface area contributed by atoms with Gasteiger partial charge in [-0.25, -0.2) is 9.59 Å². The molecule has 0 aliphatic carbocycles. The van der Waals surface area contributed by atoms with Gasteiger partial charge in [-0.1, -0.05) is 73.8 Å². The zero-order chi connectivity index (χ0) is 35.9. The van der Waals surface area contributed by atoms with Gasteiger partial charge < -0.3 is 18.6 Å². The van der Waals surface area contributed by atoms with Crippen LogP contribution in [-0.4, -0.2) is 21.1 Å². The van der Waals surface area contributed by atoms with Crippen molar-refractivity contribution in [2.24, 2.45) is 0 Å². The van der Waals surface area contributed by atoms with Gasteiger partial charge in [-0.05, 0) is 108 Å². The molecule has 0 aliphatic heterocycles. The number of hydrogen-bond acceptors (Lipinski definition) is 4. The van der Waals surface area contributed by atoms with Crippen molar-refractivity contribution in [3.05, 3.63) is 169 Å². The highest BCUT2D eigenvalue weighted by molar-refractivity contribution is 6.10. The molecule has 0 bridgehead atoms. The molecule has 254 valence electrons. The minimum Gasteiger partial charge on any atom is -0.458 e. The number of nitrogens with zero attached hydrogens (tertiary/aromatic N) is 2. The highest BCUT2D eigenvalue weighted by Crippen LogP contribution is 2.37. The predicted molar refractivity (Wildman–Crippen MR) is 210 cm³/mol. The van der Waals surface area contributed by atoms with Crippen LogP contribution in [0, 0.1) is 13.8 Å². The Morgan fingerprint density at radius 3 is 1.33 bits per heavy atom. The third-order valence-corrected chi connectivity index (χ3v) is 9.80. The van der Waals surface area contributed by atoms with E-state index in [4.69, 9.17) is 9.47 Å². The summed E-state index contributed by atoms with van der Waals surface area (Å²) in [4.78, 5) is 23.4. The molecule has 0 amide bonds. The molecule has 0 N–H and O–H groups in total. The number of para-hydroxylation sites is 2. The second-order valence-corrected chi connectivity index (χ2v) is 13.0. The first-order valence-electron chi connectivity index (χ1n) is 17.2. The first kappa shape index (κ1) is 32.5. The third kappa shape index (κ3) is 5.64. The van der Waals surface area contributed by atoms with Gasteiger partial charge in [0.25, 0.3) is 0 Å². The Morgan fingerprint density at radius 2 is 0.923 bits per heavy atom. The lowest BCUT2D eigenvalue weighted by atomic mass is 9.95. The number of ether oxygens (including phenoxy) is 2. The van der Waals surface area contributed by atoms with Crippen LogP contribution >= 0.6 is 0 Å². The van der Waals surface area contributed by atoms with Crippen molar-refractivity contribution in [2.45, 2.75) is 27.1 Å². The number of aryl methyl sites for hydroxylation is 2. The maximum Gasteiger partial charge on any atom is 0.330 e. The summed E-state index contributed by atoms with van der Waals surface area (Å²) in [5.74, 6) is -0.870. The maximum absolute atomic E-state index is 11.7. The van der Waals surface area contributed by atoms with Crippen LogP contribution in [0.3, 0.4) is 0 Å². The Kier molecular flexibility index (Phi) is 8.28. The zero-order valence-electron chi connectivity index (χ0n) is 29.1. The number of aromatic nitrogens is 2. The van der Waals surface area contributed by atoms with Gasteiger partial charge in [0, 0.05) is 45.1 Å². The van der Waals surface area contributed by atoms with Crippen LogP contribution in [-0.2, 0) is 32.3 Å².